The summed E-state index contributed by atoms with van der Waals surface area (Å²) in [5.74, 6) is 0.823. The van der Waals surface area contributed by atoms with Crippen LogP contribution in [0, 0.1) is 6.92 Å². The summed E-state index contributed by atoms with van der Waals surface area (Å²) in [7, 11) is 1.59. The molecule has 0 aliphatic carbocycles. The maximum Gasteiger partial charge on any atom is 0.237 e. The Hall–Kier alpha value is -2.88. The van der Waals surface area contributed by atoms with Crippen molar-refractivity contribution in [1.29, 1.82) is 0 Å². The molecule has 0 fully saturated rings. The molecule has 1 amide bonds. The Morgan fingerprint density at radius 2 is 2.11 bits per heavy atom. The topological polar surface area (TPSA) is 108 Å². The molecule has 0 radical (unpaired) electrons. The normalized spacial score (nSPS) is 11.5. The van der Waals surface area contributed by atoms with E-state index in [4.69, 9.17) is 9.26 Å². The number of methoxy groups -OCH3 is 1. The van der Waals surface area contributed by atoms with Crippen LogP contribution in [0.5, 0.6) is 5.75 Å². The molecular formula is C18H22N6O3S. The molecule has 28 heavy (non-hydrogen) atoms. The molecule has 9 nitrogen and oxygen atoms in total. The van der Waals surface area contributed by atoms with Crippen LogP contribution in [0.3, 0.4) is 0 Å². The van der Waals surface area contributed by atoms with Gasteiger partial charge in [-0.1, -0.05) is 43.8 Å². The highest BCUT2D eigenvalue weighted by atomic mass is 32.2. The van der Waals surface area contributed by atoms with Crippen molar-refractivity contribution in [1.82, 2.24) is 25.4 Å². The summed E-state index contributed by atoms with van der Waals surface area (Å²) in [5.41, 5.74) is 2.36. The predicted molar refractivity (Wildman–Crippen MR) is 105 cm³/mol. The summed E-state index contributed by atoms with van der Waals surface area (Å²) >= 11 is 1.21. The van der Waals surface area contributed by atoms with Gasteiger partial charge < -0.3 is 9.26 Å². The van der Waals surface area contributed by atoms with Gasteiger partial charge in [0.2, 0.25) is 16.9 Å². The van der Waals surface area contributed by atoms with Crippen LogP contribution >= 0.6 is 11.8 Å². The van der Waals surface area contributed by atoms with E-state index in [1.807, 2.05) is 45.9 Å². The molecule has 10 heteroatoms. The second-order valence-electron chi connectivity index (χ2n) is 7.21. The quantitative estimate of drug-likeness (QED) is 0.627. The van der Waals surface area contributed by atoms with E-state index in [-0.39, 0.29) is 17.1 Å². The number of benzene rings is 1. The van der Waals surface area contributed by atoms with E-state index in [1.54, 1.807) is 17.9 Å². The summed E-state index contributed by atoms with van der Waals surface area (Å²) in [6, 6.07) is 7.44. The van der Waals surface area contributed by atoms with E-state index in [0.29, 0.717) is 22.5 Å². The van der Waals surface area contributed by atoms with Crippen LogP contribution in [-0.4, -0.2) is 44.1 Å². The number of carbonyl (C=O) groups is 1. The number of hydrogen-bond acceptors (Lipinski definition) is 8. The summed E-state index contributed by atoms with van der Waals surface area (Å²) in [5, 5.41) is 18.9. The first-order chi connectivity index (χ1) is 13.3. The van der Waals surface area contributed by atoms with Crippen LogP contribution in [0.15, 0.2) is 33.9 Å². The van der Waals surface area contributed by atoms with Gasteiger partial charge >= 0.3 is 0 Å². The van der Waals surface area contributed by atoms with Gasteiger partial charge in [-0.3, -0.25) is 10.1 Å². The molecule has 3 aromatic rings. The third kappa shape index (κ3) is 4.50. The summed E-state index contributed by atoms with van der Waals surface area (Å²) in [6.45, 7) is 8.03. The Bertz CT molecular complexity index is 976. The minimum atomic E-state index is -0.243. The fourth-order valence-electron chi connectivity index (χ4n) is 2.38. The Balaban J connectivity index is 1.68. The van der Waals surface area contributed by atoms with Crippen molar-refractivity contribution in [2.45, 2.75) is 38.3 Å². The maximum absolute atomic E-state index is 12.3. The zero-order chi connectivity index (χ0) is 20.3. The first-order valence-electron chi connectivity index (χ1n) is 8.61. The van der Waals surface area contributed by atoms with Crippen molar-refractivity contribution in [3.05, 3.63) is 35.5 Å². The van der Waals surface area contributed by atoms with E-state index in [1.165, 1.54) is 11.8 Å². The lowest BCUT2D eigenvalue weighted by Crippen LogP contribution is -2.14. The molecule has 0 saturated heterocycles. The Morgan fingerprint density at radius 3 is 2.79 bits per heavy atom. The monoisotopic (exact) mass is 402 g/mol. The number of amides is 1. The van der Waals surface area contributed by atoms with Gasteiger partial charge in [-0.25, -0.2) is 0 Å². The number of carbonyl (C=O) groups excluding carboxylic acids is 1. The second-order valence-corrected chi connectivity index (χ2v) is 8.15. The second kappa shape index (κ2) is 8.01. The van der Waals surface area contributed by atoms with Crippen LogP contribution in [0.2, 0.25) is 0 Å². The molecule has 2 heterocycles. The van der Waals surface area contributed by atoms with Gasteiger partial charge in [0.25, 0.3) is 0 Å². The predicted octanol–water partition coefficient (Wildman–Crippen LogP) is 3.00. The number of hydrogen-bond donors (Lipinski definition) is 1. The molecule has 1 N–H and O–H groups in total. The third-order valence-electron chi connectivity index (χ3n) is 3.88. The van der Waals surface area contributed by atoms with Gasteiger partial charge in [0.05, 0.1) is 18.6 Å². The lowest BCUT2D eigenvalue weighted by atomic mass is 9.92. The van der Waals surface area contributed by atoms with Gasteiger partial charge in [0.1, 0.15) is 11.4 Å². The zero-order valence-corrected chi connectivity index (χ0v) is 17.2. The zero-order valence-electron chi connectivity index (χ0n) is 16.4. The summed E-state index contributed by atoms with van der Waals surface area (Å²) in [6.07, 6.45) is 0. The number of tetrazole rings is 1. The fourth-order valence-corrected chi connectivity index (χ4v) is 3.06. The number of aromatic nitrogens is 5. The average Bonchev–Trinajstić information content (AvgIpc) is 3.28. The fraction of sp³-hybridized carbons (Fsp3) is 0.389. The molecule has 2 aromatic heterocycles. The van der Waals surface area contributed by atoms with Crippen LogP contribution in [0.4, 0.5) is 5.88 Å². The molecule has 148 valence electrons. The van der Waals surface area contributed by atoms with Crippen molar-refractivity contribution in [3.63, 3.8) is 0 Å². The van der Waals surface area contributed by atoms with Crippen LogP contribution in [0.25, 0.3) is 5.69 Å². The number of aryl methyl sites for hydroxylation is 1. The summed E-state index contributed by atoms with van der Waals surface area (Å²) in [4.78, 5) is 12.3. The Kier molecular flexibility index (Phi) is 5.68. The first-order valence-corrected chi connectivity index (χ1v) is 9.59. The van der Waals surface area contributed by atoms with E-state index in [0.717, 1.165) is 11.3 Å². The van der Waals surface area contributed by atoms with E-state index in [2.05, 4.69) is 26.0 Å². The van der Waals surface area contributed by atoms with E-state index in [9.17, 15) is 4.79 Å². The Labute approximate surface area is 166 Å². The average molecular weight is 402 g/mol. The van der Waals surface area contributed by atoms with Gasteiger partial charge in [-0.05, 0) is 35.0 Å². The van der Waals surface area contributed by atoms with Gasteiger partial charge in [0, 0.05) is 11.5 Å². The standard InChI is InChI=1S/C18H22N6O3S/c1-11-6-7-13(26-5)12(8-11)24-17(20-22-23-24)28-10-15(25)19-16-9-14(21-27-16)18(2,3)4/h6-9H,10H2,1-5H3,(H,19,25). The molecule has 0 aliphatic rings. The van der Waals surface area contributed by atoms with Crippen molar-refractivity contribution in [3.8, 4) is 11.4 Å². The summed E-state index contributed by atoms with van der Waals surface area (Å²) < 4.78 is 12.1. The minimum Gasteiger partial charge on any atom is -0.494 e. The van der Waals surface area contributed by atoms with Gasteiger partial charge in [-0.2, -0.15) is 4.68 Å². The number of nitrogens with one attached hydrogen (secondary N) is 1. The molecule has 0 saturated carbocycles. The molecule has 0 aliphatic heterocycles. The largest absolute Gasteiger partial charge is 0.494 e. The minimum absolute atomic E-state index is 0.111. The number of anilines is 1. The number of thioether (sulfide) groups is 1. The smallest absolute Gasteiger partial charge is 0.237 e. The van der Waals surface area contributed by atoms with Crippen molar-refractivity contribution in [2.24, 2.45) is 0 Å². The number of ether oxygens (including phenoxy) is 1. The van der Waals surface area contributed by atoms with Crippen molar-refractivity contribution in [2.75, 3.05) is 18.2 Å². The van der Waals surface area contributed by atoms with Crippen LogP contribution in [0.1, 0.15) is 32.0 Å². The SMILES string of the molecule is COc1ccc(C)cc1-n1nnnc1SCC(=O)Nc1cc(C(C)(C)C)no1. The van der Waals surface area contributed by atoms with Crippen molar-refractivity contribution >= 4 is 23.6 Å². The van der Waals surface area contributed by atoms with Crippen molar-refractivity contribution < 1.29 is 14.1 Å². The molecule has 0 bridgehead atoms. The highest BCUT2D eigenvalue weighted by Crippen LogP contribution is 2.27. The maximum atomic E-state index is 12.3. The van der Waals surface area contributed by atoms with Gasteiger partial charge in [0.15, 0.2) is 0 Å². The first kappa shape index (κ1) is 19.9. The lowest BCUT2D eigenvalue weighted by Gasteiger charge is -2.12. The van der Waals surface area contributed by atoms with Gasteiger partial charge in [-0.15, -0.1) is 5.10 Å². The lowest BCUT2D eigenvalue weighted by molar-refractivity contribution is -0.113. The Morgan fingerprint density at radius 1 is 1.32 bits per heavy atom. The third-order valence-corrected chi connectivity index (χ3v) is 4.80. The molecule has 0 unspecified atom stereocenters. The molecule has 3 rings (SSSR count). The highest BCUT2D eigenvalue weighted by Gasteiger charge is 2.20. The molecule has 0 spiro atoms. The van der Waals surface area contributed by atoms with E-state index < -0.39 is 0 Å². The molecular weight excluding hydrogens is 380 g/mol. The van der Waals surface area contributed by atoms with Crippen LogP contribution < -0.4 is 10.1 Å². The van der Waals surface area contributed by atoms with Crippen LogP contribution in [-0.2, 0) is 10.2 Å². The number of rotatable bonds is 6. The van der Waals surface area contributed by atoms with E-state index >= 15 is 0 Å². The molecule has 0 atom stereocenters. The molecule has 1 aromatic carbocycles. The number of nitrogens with zero attached hydrogens (tertiary/aromatic N) is 5. The highest BCUT2D eigenvalue weighted by molar-refractivity contribution is 7.99.